The molecule has 1 rings (SSSR count). The summed E-state index contributed by atoms with van der Waals surface area (Å²) >= 11 is 0. The fourth-order valence-corrected chi connectivity index (χ4v) is 1.14. The molecule has 0 heterocycles. The van der Waals surface area contributed by atoms with Gasteiger partial charge in [-0.3, -0.25) is 0 Å². The first-order valence-corrected chi connectivity index (χ1v) is 5.12. The van der Waals surface area contributed by atoms with Gasteiger partial charge in [0.1, 0.15) is 0 Å². The Morgan fingerprint density at radius 3 is 2.20 bits per heavy atom. The first-order valence-electron chi connectivity index (χ1n) is 5.12. The van der Waals surface area contributed by atoms with Crippen LogP contribution in [0, 0.1) is 18.6 Å². The van der Waals surface area contributed by atoms with Gasteiger partial charge in [0.05, 0.1) is 0 Å². The van der Waals surface area contributed by atoms with Crippen LogP contribution in [-0.2, 0) is 0 Å². The Balaban J connectivity index is 0.000000921. The third-order valence-corrected chi connectivity index (χ3v) is 2.08. The van der Waals surface area contributed by atoms with Crippen molar-refractivity contribution in [3.8, 4) is 0 Å². The van der Waals surface area contributed by atoms with E-state index in [-0.39, 0.29) is 18.1 Å². The van der Waals surface area contributed by atoms with E-state index in [1.165, 1.54) is 6.92 Å². The topological polar surface area (TPSA) is 20.2 Å². The second-order valence-corrected chi connectivity index (χ2v) is 3.22. The lowest BCUT2D eigenvalue weighted by molar-refractivity contribution is 0.272. The highest BCUT2D eigenvalue weighted by molar-refractivity contribution is 5.27. The van der Waals surface area contributed by atoms with Crippen LogP contribution in [-0.4, -0.2) is 11.7 Å². The number of aryl methyl sites for hydroxylation is 1. The summed E-state index contributed by atoms with van der Waals surface area (Å²) in [6, 6.07) is 2.68. The first-order chi connectivity index (χ1) is 7.06. The second-order valence-electron chi connectivity index (χ2n) is 3.22. The zero-order valence-corrected chi connectivity index (χ0v) is 9.64. The molecule has 0 aliphatic heterocycles. The summed E-state index contributed by atoms with van der Waals surface area (Å²) in [6.07, 6.45) is 0. The van der Waals surface area contributed by atoms with Crippen LogP contribution in [0.2, 0.25) is 0 Å². The molecule has 0 aliphatic carbocycles. The van der Waals surface area contributed by atoms with E-state index in [1.807, 2.05) is 13.8 Å². The van der Waals surface area contributed by atoms with Gasteiger partial charge in [-0.2, -0.15) is 0 Å². The highest BCUT2D eigenvalue weighted by Gasteiger charge is 2.11. The molecule has 0 saturated carbocycles. The molecule has 86 valence electrons. The molecule has 0 fully saturated rings. The summed E-state index contributed by atoms with van der Waals surface area (Å²) in [5, 5.41) is 8.82. The Labute approximate surface area is 89.8 Å². The molecule has 0 aliphatic rings. The van der Waals surface area contributed by atoms with Crippen LogP contribution < -0.4 is 0 Å². The highest BCUT2D eigenvalue weighted by Crippen LogP contribution is 2.20. The smallest absolute Gasteiger partial charge is 0.161 e. The molecule has 15 heavy (non-hydrogen) atoms. The zero-order valence-electron chi connectivity index (χ0n) is 9.64. The molecular weight excluding hydrogens is 198 g/mol. The van der Waals surface area contributed by atoms with E-state index in [0.717, 1.165) is 6.07 Å². The van der Waals surface area contributed by atoms with Crippen LogP contribution in [0.5, 0.6) is 0 Å². The maximum absolute atomic E-state index is 12.9. The Kier molecular flexibility index (Phi) is 6.09. The summed E-state index contributed by atoms with van der Waals surface area (Å²) in [7, 11) is 0. The molecule has 0 bridgehead atoms. The van der Waals surface area contributed by atoms with Crippen molar-refractivity contribution < 1.29 is 13.9 Å². The van der Waals surface area contributed by atoms with Gasteiger partial charge in [0, 0.05) is 12.5 Å². The standard InChI is InChI=1S/C10H12F2O.C2H6/c1-6-3-8(7(2)5-13)4-9(11)10(6)12;1-2/h3-4,7,13H,5H2,1-2H3;1-2H3. The van der Waals surface area contributed by atoms with E-state index >= 15 is 0 Å². The maximum atomic E-state index is 12.9. The van der Waals surface area contributed by atoms with E-state index < -0.39 is 11.6 Å². The van der Waals surface area contributed by atoms with Crippen molar-refractivity contribution in [1.82, 2.24) is 0 Å². The summed E-state index contributed by atoms with van der Waals surface area (Å²) in [5.74, 6) is -1.82. The van der Waals surface area contributed by atoms with Crippen LogP contribution in [0.4, 0.5) is 8.78 Å². The highest BCUT2D eigenvalue weighted by atomic mass is 19.2. The average Bonchev–Trinajstić information content (AvgIpc) is 2.26. The van der Waals surface area contributed by atoms with Gasteiger partial charge in [0.15, 0.2) is 11.6 Å². The molecule has 0 spiro atoms. The Bertz CT molecular complexity index is 287. The molecular formula is C12H18F2O. The third-order valence-electron chi connectivity index (χ3n) is 2.08. The van der Waals surface area contributed by atoms with Crippen molar-refractivity contribution in [2.75, 3.05) is 6.61 Å². The Hall–Kier alpha value is -0.960. The molecule has 1 unspecified atom stereocenters. The molecule has 0 radical (unpaired) electrons. The predicted molar refractivity (Wildman–Crippen MR) is 57.9 cm³/mol. The van der Waals surface area contributed by atoms with Crippen LogP contribution in [0.1, 0.15) is 37.8 Å². The summed E-state index contributed by atoms with van der Waals surface area (Å²) in [4.78, 5) is 0. The van der Waals surface area contributed by atoms with Crippen molar-refractivity contribution in [1.29, 1.82) is 0 Å². The number of hydrogen-bond donors (Lipinski definition) is 1. The number of aliphatic hydroxyl groups excluding tert-OH is 1. The van der Waals surface area contributed by atoms with Gasteiger partial charge in [-0.25, -0.2) is 8.78 Å². The van der Waals surface area contributed by atoms with E-state index in [9.17, 15) is 8.78 Å². The fourth-order valence-electron chi connectivity index (χ4n) is 1.14. The molecule has 0 amide bonds. The minimum absolute atomic E-state index is 0.0650. The summed E-state index contributed by atoms with van der Waals surface area (Å²) in [6.45, 7) is 7.20. The Morgan fingerprint density at radius 1 is 1.27 bits per heavy atom. The molecule has 1 aromatic carbocycles. The molecule has 1 atom stereocenters. The maximum Gasteiger partial charge on any atom is 0.161 e. The lowest BCUT2D eigenvalue weighted by Gasteiger charge is -2.09. The molecule has 0 saturated heterocycles. The van der Waals surface area contributed by atoms with Gasteiger partial charge in [-0.05, 0) is 24.1 Å². The van der Waals surface area contributed by atoms with E-state index in [0.29, 0.717) is 5.56 Å². The normalized spacial score (nSPS) is 11.7. The van der Waals surface area contributed by atoms with Crippen molar-refractivity contribution in [2.24, 2.45) is 0 Å². The predicted octanol–water partition coefficient (Wildman–Crippen LogP) is 3.40. The van der Waals surface area contributed by atoms with E-state index in [1.54, 1.807) is 13.0 Å². The lowest BCUT2D eigenvalue weighted by Crippen LogP contribution is -2.01. The quantitative estimate of drug-likeness (QED) is 0.803. The number of benzene rings is 1. The van der Waals surface area contributed by atoms with Crippen molar-refractivity contribution >= 4 is 0 Å². The van der Waals surface area contributed by atoms with Crippen LogP contribution in [0.3, 0.4) is 0 Å². The molecule has 0 aromatic heterocycles. The minimum atomic E-state index is -0.852. The van der Waals surface area contributed by atoms with Crippen molar-refractivity contribution in [3.05, 3.63) is 34.9 Å². The SMILES string of the molecule is CC.Cc1cc(C(C)CO)cc(F)c1F. The van der Waals surface area contributed by atoms with Gasteiger partial charge in [0.25, 0.3) is 0 Å². The molecule has 1 aromatic rings. The van der Waals surface area contributed by atoms with Crippen LogP contribution >= 0.6 is 0 Å². The number of hydrogen-bond acceptors (Lipinski definition) is 1. The minimum Gasteiger partial charge on any atom is -0.396 e. The monoisotopic (exact) mass is 216 g/mol. The van der Waals surface area contributed by atoms with Gasteiger partial charge < -0.3 is 5.11 Å². The van der Waals surface area contributed by atoms with Crippen LogP contribution in [0.15, 0.2) is 12.1 Å². The summed E-state index contributed by atoms with van der Waals surface area (Å²) in [5.41, 5.74) is 0.897. The van der Waals surface area contributed by atoms with Gasteiger partial charge in [-0.15, -0.1) is 0 Å². The summed E-state index contributed by atoms with van der Waals surface area (Å²) < 4.78 is 25.7. The second kappa shape index (κ2) is 6.51. The molecule has 1 nitrogen and oxygen atoms in total. The van der Waals surface area contributed by atoms with Gasteiger partial charge >= 0.3 is 0 Å². The lowest BCUT2D eigenvalue weighted by atomic mass is 10.00. The van der Waals surface area contributed by atoms with Crippen molar-refractivity contribution in [3.63, 3.8) is 0 Å². The molecule has 3 heteroatoms. The van der Waals surface area contributed by atoms with Crippen molar-refractivity contribution in [2.45, 2.75) is 33.6 Å². The number of aliphatic hydroxyl groups is 1. The number of rotatable bonds is 2. The van der Waals surface area contributed by atoms with Gasteiger partial charge in [-0.1, -0.05) is 26.8 Å². The third kappa shape index (κ3) is 3.59. The largest absolute Gasteiger partial charge is 0.396 e. The van der Waals surface area contributed by atoms with E-state index in [2.05, 4.69) is 0 Å². The fraction of sp³-hybridized carbons (Fsp3) is 0.500. The average molecular weight is 216 g/mol. The first kappa shape index (κ1) is 14.0. The molecule has 1 N–H and O–H groups in total. The Morgan fingerprint density at radius 2 is 1.80 bits per heavy atom. The van der Waals surface area contributed by atoms with Gasteiger partial charge in [0.2, 0.25) is 0 Å². The van der Waals surface area contributed by atoms with Crippen LogP contribution in [0.25, 0.3) is 0 Å². The number of halogens is 2. The van der Waals surface area contributed by atoms with E-state index in [4.69, 9.17) is 5.11 Å². The zero-order chi connectivity index (χ0) is 12.0.